The van der Waals surface area contributed by atoms with Crippen LogP contribution in [0.25, 0.3) is 0 Å². The van der Waals surface area contributed by atoms with Crippen molar-refractivity contribution in [2.75, 3.05) is 13.1 Å². The Balaban J connectivity index is 1.99. The second kappa shape index (κ2) is 6.35. The Labute approximate surface area is 124 Å². The third kappa shape index (κ3) is 3.47. The molecule has 0 unspecified atom stereocenters. The van der Waals surface area contributed by atoms with Crippen molar-refractivity contribution in [3.63, 3.8) is 0 Å². The zero-order chi connectivity index (χ0) is 15.5. The van der Waals surface area contributed by atoms with Crippen molar-refractivity contribution in [3.05, 3.63) is 23.8 Å². The fraction of sp³-hybridized carbons (Fsp3) is 0.562. The van der Waals surface area contributed by atoms with Crippen LogP contribution in [0, 0.1) is 5.41 Å². The van der Waals surface area contributed by atoms with Crippen molar-refractivity contribution in [1.29, 1.82) is 0 Å². The molecule has 0 spiro atoms. The number of benzene rings is 1. The quantitative estimate of drug-likeness (QED) is 0.777. The van der Waals surface area contributed by atoms with Crippen LogP contribution < -0.4 is 0 Å². The number of phenols is 2. The van der Waals surface area contributed by atoms with E-state index in [9.17, 15) is 20.1 Å². The molecule has 116 valence electrons. The first-order valence-electron chi connectivity index (χ1n) is 7.43. The molecule has 5 heteroatoms. The number of aliphatic carboxylic acids is 1. The Morgan fingerprint density at radius 2 is 1.95 bits per heavy atom. The lowest BCUT2D eigenvalue weighted by Crippen LogP contribution is -2.44. The maximum absolute atomic E-state index is 11.5. The van der Waals surface area contributed by atoms with Gasteiger partial charge in [0.25, 0.3) is 0 Å². The van der Waals surface area contributed by atoms with Gasteiger partial charge in [-0.15, -0.1) is 0 Å². The highest BCUT2D eigenvalue weighted by Crippen LogP contribution is 2.37. The van der Waals surface area contributed by atoms with Crippen LogP contribution in [0.1, 0.15) is 38.2 Å². The van der Waals surface area contributed by atoms with Crippen LogP contribution in [0.15, 0.2) is 18.2 Å². The van der Waals surface area contributed by atoms with E-state index in [2.05, 4.69) is 4.90 Å². The number of rotatable bonds is 5. The van der Waals surface area contributed by atoms with Gasteiger partial charge < -0.3 is 15.3 Å². The largest absolute Gasteiger partial charge is 0.508 e. The molecule has 1 heterocycles. The number of nitrogens with zero attached hydrogens (tertiary/aromatic N) is 1. The van der Waals surface area contributed by atoms with Gasteiger partial charge in [0.05, 0.1) is 5.41 Å². The lowest BCUT2D eigenvalue weighted by atomic mass is 9.75. The molecule has 0 aromatic heterocycles. The number of likely N-dealkylation sites (tertiary alicyclic amines) is 1. The molecule has 1 aliphatic rings. The number of phenolic OH excluding ortho intramolecular Hbond substituents is 2. The van der Waals surface area contributed by atoms with Gasteiger partial charge in [-0.2, -0.15) is 0 Å². The van der Waals surface area contributed by atoms with E-state index < -0.39 is 11.4 Å². The molecule has 1 saturated heterocycles. The number of carbonyl (C=O) groups is 1. The van der Waals surface area contributed by atoms with Crippen LogP contribution in [0.3, 0.4) is 0 Å². The fourth-order valence-electron chi connectivity index (χ4n) is 3.12. The topological polar surface area (TPSA) is 81.0 Å². The summed E-state index contributed by atoms with van der Waals surface area (Å²) in [5, 5.41) is 28.6. The lowest BCUT2D eigenvalue weighted by Gasteiger charge is -2.39. The van der Waals surface area contributed by atoms with Crippen LogP contribution in [0.4, 0.5) is 0 Å². The Morgan fingerprint density at radius 3 is 2.48 bits per heavy atom. The van der Waals surface area contributed by atoms with E-state index in [0.29, 0.717) is 32.5 Å². The van der Waals surface area contributed by atoms with Crippen molar-refractivity contribution in [2.24, 2.45) is 5.41 Å². The first kappa shape index (κ1) is 15.6. The normalized spacial score (nSPS) is 18.5. The number of hydrogen-bond acceptors (Lipinski definition) is 4. The van der Waals surface area contributed by atoms with E-state index in [0.717, 1.165) is 18.4 Å². The number of hydrogen-bond donors (Lipinski definition) is 3. The molecule has 0 saturated carbocycles. The van der Waals surface area contributed by atoms with Gasteiger partial charge in [-0.05, 0) is 38.4 Å². The van der Waals surface area contributed by atoms with Gasteiger partial charge in [-0.25, -0.2) is 0 Å². The molecule has 21 heavy (non-hydrogen) atoms. The van der Waals surface area contributed by atoms with Crippen molar-refractivity contribution in [2.45, 2.75) is 39.2 Å². The Bertz CT molecular complexity index is 507. The Hall–Kier alpha value is -1.75. The van der Waals surface area contributed by atoms with Gasteiger partial charge in [0.1, 0.15) is 11.5 Å². The molecule has 1 aromatic carbocycles. The summed E-state index contributed by atoms with van der Waals surface area (Å²) < 4.78 is 0. The molecule has 1 aromatic rings. The van der Waals surface area contributed by atoms with E-state index in [-0.39, 0.29) is 11.5 Å². The van der Waals surface area contributed by atoms with Gasteiger partial charge >= 0.3 is 5.97 Å². The van der Waals surface area contributed by atoms with Gasteiger partial charge in [-0.3, -0.25) is 9.69 Å². The van der Waals surface area contributed by atoms with Crippen LogP contribution in [0.2, 0.25) is 0 Å². The van der Waals surface area contributed by atoms with Gasteiger partial charge in [0.2, 0.25) is 0 Å². The summed E-state index contributed by atoms with van der Waals surface area (Å²) in [7, 11) is 0. The smallest absolute Gasteiger partial charge is 0.309 e. The van der Waals surface area contributed by atoms with Crippen molar-refractivity contribution < 1.29 is 20.1 Å². The zero-order valence-electron chi connectivity index (χ0n) is 12.4. The minimum atomic E-state index is -0.684. The van der Waals surface area contributed by atoms with Gasteiger partial charge in [0.15, 0.2) is 0 Å². The molecule has 5 nitrogen and oxygen atoms in total. The summed E-state index contributed by atoms with van der Waals surface area (Å²) in [6, 6.07) is 4.59. The first-order valence-corrected chi connectivity index (χ1v) is 7.43. The van der Waals surface area contributed by atoms with Crippen molar-refractivity contribution >= 4 is 5.97 Å². The Kier molecular flexibility index (Phi) is 4.73. The highest BCUT2D eigenvalue weighted by atomic mass is 16.4. The third-order valence-corrected chi connectivity index (χ3v) is 4.46. The minimum absolute atomic E-state index is 0.0442. The van der Waals surface area contributed by atoms with Crippen LogP contribution in [-0.4, -0.2) is 39.3 Å². The first-order chi connectivity index (χ1) is 9.97. The molecular formula is C16H23NO4. The summed E-state index contributed by atoms with van der Waals surface area (Å²) in [6.07, 6.45) is 2.90. The number of aromatic hydroxyl groups is 2. The minimum Gasteiger partial charge on any atom is -0.508 e. The number of carboxylic acid groups (broad SMARTS) is 1. The van der Waals surface area contributed by atoms with E-state index in [1.54, 1.807) is 12.1 Å². The molecule has 0 bridgehead atoms. The molecule has 2 rings (SSSR count). The summed E-state index contributed by atoms with van der Waals surface area (Å²) in [5.74, 6) is -0.558. The number of piperidine rings is 1. The molecule has 0 atom stereocenters. The molecule has 0 aliphatic carbocycles. The summed E-state index contributed by atoms with van der Waals surface area (Å²) >= 11 is 0. The monoisotopic (exact) mass is 293 g/mol. The SMILES string of the molecule is CCCC1(C(=O)O)CCN(Cc2ccc(O)cc2O)CC1. The van der Waals surface area contributed by atoms with Crippen LogP contribution in [-0.2, 0) is 11.3 Å². The molecule has 1 fully saturated rings. The van der Waals surface area contributed by atoms with E-state index in [4.69, 9.17) is 0 Å². The maximum atomic E-state index is 11.5. The van der Waals surface area contributed by atoms with Crippen LogP contribution in [0.5, 0.6) is 11.5 Å². The summed E-state index contributed by atoms with van der Waals surface area (Å²) in [4.78, 5) is 13.7. The summed E-state index contributed by atoms with van der Waals surface area (Å²) in [5.41, 5.74) is 0.175. The molecule has 3 N–H and O–H groups in total. The molecule has 0 radical (unpaired) electrons. The maximum Gasteiger partial charge on any atom is 0.309 e. The third-order valence-electron chi connectivity index (χ3n) is 4.46. The van der Waals surface area contributed by atoms with Crippen LogP contribution >= 0.6 is 0 Å². The highest BCUT2D eigenvalue weighted by Gasteiger charge is 2.40. The molecule has 0 amide bonds. The second-order valence-electron chi connectivity index (χ2n) is 5.92. The zero-order valence-corrected chi connectivity index (χ0v) is 12.4. The summed E-state index contributed by atoms with van der Waals surface area (Å²) in [6.45, 7) is 4.03. The predicted octanol–water partition coefficient (Wildman–Crippen LogP) is 2.56. The fourth-order valence-corrected chi connectivity index (χ4v) is 3.12. The second-order valence-corrected chi connectivity index (χ2v) is 5.92. The average Bonchev–Trinajstić information content (AvgIpc) is 2.44. The number of carboxylic acids is 1. The molecule has 1 aliphatic heterocycles. The van der Waals surface area contributed by atoms with E-state index in [1.807, 2.05) is 6.92 Å². The van der Waals surface area contributed by atoms with E-state index >= 15 is 0 Å². The Morgan fingerprint density at radius 1 is 1.29 bits per heavy atom. The average molecular weight is 293 g/mol. The van der Waals surface area contributed by atoms with Gasteiger partial charge in [0, 0.05) is 18.2 Å². The standard InChI is InChI=1S/C16H23NO4/c1-2-5-16(15(20)21)6-8-17(9-7-16)11-12-3-4-13(18)10-14(12)19/h3-4,10,18-19H,2,5-9,11H2,1H3,(H,20,21). The van der Waals surface area contributed by atoms with Crippen molar-refractivity contribution in [3.8, 4) is 11.5 Å². The highest BCUT2D eigenvalue weighted by molar-refractivity contribution is 5.74. The molecular weight excluding hydrogens is 270 g/mol. The predicted molar refractivity (Wildman–Crippen MR) is 79.3 cm³/mol. The van der Waals surface area contributed by atoms with Crippen molar-refractivity contribution in [1.82, 2.24) is 4.90 Å². The van der Waals surface area contributed by atoms with Gasteiger partial charge in [-0.1, -0.05) is 19.4 Å². The lowest BCUT2D eigenvalue weighted by molar-refractivity contribution is -0.152. The van der Waals surface area contributed by atoms with E-state index in [1.165, 1.54) is 6.07 Å².